The molecule has 0 saturated carbocycles. The van der Waals surface area contributed by atoms with E-state index in [0.29, 0.717) is 6.92 Å². The van der Waals surface area contributed by atoms with E-state index >= 15 is 0 Å². The van der Waals surface area contributed by atoms with Crippen LogP contribution in [0.15, 0.2) is 18.2 Å². The summed E-state index contributed by atoms with van der Waals surface area (Å²) in [4.78, 5) is 22.7. The van der Waals surface area contributed by atoms with Gasteiger partial charge in [0.1, 0.15) is 5.75 Å². The molecule has 0 spiro atoms. The maximum absolute atomic E-state index is 12.8. The van der Waals surface area contributed by atoms with Crippen molar-refractivity contribution in [1.82, 2.24) is 5.32 Å². The van der Waals surface area contributed by atoms with Gasteiger partial charge in [-0.05, 0) is 25.1 Å². The van der Waals surface area contributed by atoms with Crippen molar-refractivity contribution < 1.29 is 32.6 Å². The minimum Gasteiger partial charge on any atom is -0.497 e. The van der Waals surface area contributed by atoms with Crippen molar-refractivity contribution in [3.63, 3.8) is 0 Å². The minimum atomic E-state index is -5.18. The molecule has 1 unspecified atom stereocenters. The largest absolute Gasteiger partial charge is 0.497 e. The predicted octanol–water partition coefficient (Wildman–Crippen LogP) is 1.41. The molecule has 1 aromatic carbocycles. The number of alkyl halides is 3. The fourth-order valence-electron chi connectivity index (χ4n) is 1.40. The summed E-state index contributed by atoms with van der Waals surface area (Å²) < 4.78 is 43.3. The Morgan fingerprint density at radius 3 is 2.33 bits per heavy atom. The average molecular weight is 306 g/mol. The average Bonchev–Trinajstić information content (AvgIpc) is 2.37. The van der Waals surface area contributed by atoms with Gasteiger partial charge in [0.05, 0.1) is 12.7 Å². The van der Waals surface area contributed by atoms with E-state index in [9.17, 15) is 22.8 Å². The molecule has 0 bridgehead atoms. The molecule has 21 heavy (non-hydrogen) atoms. The molecule has 6 nitrogen and oxygen atoms in total. The zero-order valence-corrected chi connectivity index (χ0v) is 11.1. The molecule has 0 saturated heterocycles. The number of carboxylic acids is 1. The number of anilines is 1. The highest BCUT2D eigenvalue weighted by molar-refractivity contribution is 6.02. The van der Waals surface area contributed by atoms with Crippen LogP contribution in [0.25, 0.3) is 0 Å². The number of carbonyl (C=O) groups excluding carboxylic acids is 1. The Morgan fingerprint density at radius 2 is 1.90 bits per heavy atom. The third kappa shape index (κ3) is 3.18. The monoisotopic (exact) mass is 306 g/mol. The van der Waals surface area contributed by atoms with Crippen molar-refractivity contribution in [3.05, 3.63) is 23.8 Å². The normalized spacial score (nSPS) is 14.1. The number of nitrogen functional groups attached to an aromatic ring is 1. The van der Waals surface area contributed by atoms with E-state index in [1.807, 2.05) is 0 Å². The van der Waals surface area contributed by atoms with Crippen LogP contribution in [0.3, 0.4) is 0 Å². The second kappa shape index (κ2) is 5.51. The van der Waals surface area contributed by atoms with Crippen LogP contribution in [-0.4, -0.2) is 35.8 Å². The Hall–Kier alpha value is -2.45. The number of benzene rings is 1. The predicted molar refractivity (Wildman–Crippen MR) is 67.0 cm³/mol. The smallest absolute Gasteiger partial charge is 0.422 e. The first-order valence-corrected chi connectivity index (χ1v) is 5.59. The van der Waals surface area contributed by atoms with Gasteiger partial charge in [-0.2, -0.15) is 13.2 Å². The van der Waals surface area contributed by atoms with Gasteiger partial charge in [0.15, 0.2) is 0 Å². The Balaban J connectivity index is 3.18. The molecular weight excluding hydrogens is 293 g/mol. The number of hydrogen-bond acceptors (Lipinski definition) is 4. The number of aliphatic carboxylic acids is 1. The maximum Gasteiger partial charge on any atom is 0.422 e. The quantitative estimate of drug-likeness (QED) is 0.730. The summed E-state index contributed by atoms with van der Waals surface area (Å²) in [5.74, 6) is -3.31. The lowest BCUT2D eigenvalue weighted by atomic mass is 10.0. The molecule has 1 atom stereocenters. The van der Waals surface area contributed by atoms with Crippen molar-refractivity contribution in [1.29, 1.82) is 0 Å². The van der Waals surface area contributed by atoms with Crippen LogP contribution < -0.4 is 15.8 Å². The SMILES string of the molecule is COc1ccc(N)c(C(=O)NC(C)(C(=O)O)C(F)(F)F)c1. The standard InChI is InChI=1S/C12H13F3N2O4/c1-11(10(19)20,12(13,14)15)17-9(18)7-5-6(21-2)3-4-8(7)16/h3-5H,16H2,1-2H3,(H,17,18)(H,19,20). The van der Waals surface area contributed by atoms with E-state index in [4.69, 9.17) is 15.6 Å². The molecule has 0 aliphatic carbocycles. The highest BCUT2D eigenvalue weighted by Gasteiger charge is 2.58. The Kier molecular flexibility index (Phi) is 4.35. The first kappa shape index (κ1) is 16.6. The Morgan fingerprint density at radius 1 is 1.33 bits per heavy atom. The molecular formula is C12H13F3N2O4. The first-order chi connectivity index (χ1) is 9.52. The molecule has 1 rings (SSSR count). The van der Waals surface area contributed by atoms with E-state index in [0.717, 1.165) is 6.07 Å². The number of nitrogens with one attached hydrogen (secondary N) is 1. The number of ether oxygens (including phenoxy) is 1. The third-order valence-corrected chi connectivity index (χ3v) is 2.86. The van der Waals surface area contributed by atoms with Crippen molar-refractivity contribution in [2.45, 2.75) is 18.6 Å². The van der Waals surface area contributed by atoms with Gasteiger partial charge in [0.2, 0.25) is 5.54 Å². The van der Waals surface area contributed by atoms with Crippen molar-refractivity contribution >= 4 is 17.6 Å². The molecule has 0 radical (unpaired) electrons. The fourth-order valence-corrected chi connectivity index (χ4v) is 1.40. The zero-order chi connectivity index (χ0) is 16.4. The minimum absolute atomic E-state index is 0.108. The highest BCUT2D eigenvalue weighted by Crippen LogP contribution is 2.31. The van der Waals surface area contributed by atoms with Crippen LogP contribution in [0.2, 0.25) is 0 Å². The van der Waals surface area contributed by atoms with Crippen molar-refractivity contribution in [3.8, 4) is 5.75 Å². The van der Waals surface area contributed by atoms with Crippen LogP contribution in [0, 0.1) is 0 Å². The van der Waals surface area contributed by atoms with Crippen molar-refractivity contribution in [2.24, 2.45) is 0 Å². The summed E-state index contributed by atoms with van der Waals surface area (Å²) in [5.41, 5.74) is 1.65. The van der Waals surface area contributed by atoms with Gasteiger partial charge in [0.25, 0.3) is 5.91 Å². The number of methoxy groups -OCH3 is 1. The van der Waals surface area contributed by atoms with E-state index < -0.39 is 23.6 Å². The van der Waals surface area contributed by atoms with Gasteiger partial charge in [-0.1, -0.05) is 0 Å². The summed E-state index contributed by atoms with van der Waals surface area (Å²) in [7, 11) is 1.30. The van der Waals surface area contributed by atoms with Gasteiger partial charge in [-0.25, -0.2) is 4.79 Å². The summed E-state index contributed by atoms with van der Waals surface area (Å²) in [6.07, 6.45) is -5.18. The van der Waals surface area contributed by atoms with Crippen LogP contribution in [0.5, 0.6) is 5.75 Å². The third-order valence-electron chi connectivity index (χ3n) is 2.86. The van der Waals surface area contributed by atoms with Crippen LogP contribution in [0.4, 0.5) is 18.9 Å². The van der Waals surface area contributed by atoms with E-state index in [2.05, 4.69) is 0 Å². The summed E-state index contributed by atoms with van der Waals surface area (Å²) >= 11 is 0. The molecule has 0 aromatic heterocycles. The number of carboxylic acid groups (broad SMARTS) is 1. The number of rotatable bonds is 4. The number of halogens is 3. The number of nitrogens with two attached hydrogens (primary N) is 1. The number of carbonyl (C=O) groups is 2. The molecule has 9 heteroatoms. The van der Waals surface area contributed by atoms with E-state index in [1.165, 1.54) is 24.6 Å². The molecule has 1 aromatic rings. The fraction of sp³-hybridized carbons (Fsp3) is 0.333. The zero-order valence-electron chi connectivity index (χ0n) is 11.1. The van der Waals surface area contributed by atoms with Crippen LogP contribution in [-0.2, 0) is 4.79 Å². The lowest BCUT2D eigenvalue weighted by Crippen LogP contribution is -2.61. The highest BCUT2D eigenvalue weighted by atomic mass is 19.4. The van der Waals surface area contributed by atoms with E-state index in [1.54, 1.807) is 0 Å². The molecule has 4 N–H and O–H groups in total. The lowest BCUT2D eigenvalue weighted by molar-refractivity contribution is -0.203. The summed E-state index contributed by atoms with van der Waals surface area (Å²) in [6, 6.07) is 3.79. The Labute approximate surface area is 117 Å². The lowest BCUT2D eigenvalue weighted by Gasteiger charge is -2.28. The van der Waals surface area contributed by atoms with Gasteiger partial charge >= 0.3 is 12.1 Å². The topological polar surface area (TPSA) is 102 Å². The molecule has 0 heterocycles. The first-order valence-electron chi connectivity index (χ1n) is 5.59. The molecule has 0 aliphatic heterocycles. The summed E-state index contributed by atoms with van der Waals surface area (Å²) in [5, 5.41) is 10.2. The van der Waals surface area contributed by atoms with Crippen molar-refractivity contribution in [2.75, 3.05) is 12.8 Å². The number of hydrogen-bond donors (Lipinski definition) is 3. The Bertz CT molecular complexity index is 574. The molecule has 1 amide bonds. The number of amides is 1. The summed E-state index contributed by atoms with van der Waals surface area (Å²) in [6.45, 7) is 0.351. The van der Waals surface area contributed by atoms with Crippen LogP contribution >= 0.6 is 0 Å². The van der Waals surface area contributed by atoms with Gasteiger partial charge in [0, 0.05) is 5.69 Å². The van der Waals surface area contributed by atoms with Gasteiger partial charge < -0.3 is 20.9 Å². The van der Waals surface area contributed by atoms with Gasteiger partial charge in [-0.3, -0.25) is 4.79 Å². The molecule has 0 aliphatic rings. The molecule has 0 fully saturated rings. The maximum atomic E-state index is 12.8. The van der Waals surface area contributed by atoms with E-state index in [-0.39, 0.29) is 17.0 Å². The molecule has 116 valence electrons. The van der Waals surface area contributed by atoms with Crippen LogP contribution in [0.1, 0.15) is 17.3 Å². The van der Waals surface area contributed by atoms with Gasteiger partial charge in [-0.15, -0.1) is 0 Å². The second-order valence-electron chi connectivity index (χ2n) is 4.34. The second-order valence-corrected chi connectivity index (χ2v) is 4.34.